The molecule has 0 aliphatic carbocycles. The summed E-state index contributed by atoms with van der Waals surface area (Å²) in [5, 5.41) is 5.12. The van der Waals surface area contributed by atoms with Crippen molar-refractivity contribution in [3.8, 4) is 16.9 Å². The monoisotopic (exact) mass is 436 g/mol. The molecule has 168 valence electrons. The van der Waals surface area contributed by atoms with E-state index in [4.69, 9.17) is 28.7 Å². The number of aryl methyl sites for hydroxylation is 2. The van der Waals surface area contributed by atoms with Crippen molar-refractivity contribution in [2.24, 2.45) is 5.92 Å². The minimum absolute atomic E-state index is 0.452. The highest BCUT2D eigenvalue weighted by Gasteiger charge is 2.22. The zero-order valence-corrected chi connectivity index (χ0v) is 19.0. The SMILES string of the molecule is COCc1nc2cnc3cc(-c4c(C)noc4C)c(OC)cc3c2n1CC1CCOCC1. The second-order valence-corrected chi connectivity index (χ2v) is 8.39. The van der Waals surface area contributed by atoms with Gasteiger partial charge < -0.3 is 23.3 Å². The van der Waals surface area contributed by atoms with Crippen molar-refractivity contribution < 1.29 is 18.7 Å². The van der Waals surface area contributed by atoms with E-state index in [1.54, 1.807) is 14.2 Å². The third-order valence-electron chi connectivity index (χ3n) is 6.33. The first kappa shape index (κ1) is 20.9. The smallest absolute Gasteiger partial charge is 0.141 e. The Hall–Kier alpha value is -2.97. The summed E-state index contributed by atoms with van der Waals surface area (Å²) >= 11 is 0. The van der Waals surface area contributed by atoms with E-state index < -0.39 is 0 Å². The van der Waals surface area contributed by atoms with Gasteiger partial charge in [-0.2, -0.15) is 0 Å². The van der Waals surface area contributed by atoms with E-state index in [9.17, 15) is 0 Å². The molecule has 0 spiro atoms. The predicted octanol–water partition coefficient (Wildman–Crippen LogP) is 4.44. The highest BCUT2D eigenvalue weighted by atomic mass is 16.5. The molecule has 3 aromatic heterocycles. The zero-order valence-electron chi connectivity index (χ0n) is 19.0. The molecule has 4 heterocycles. The van der Waals surface area contributed by atoms with Gasteiger partial charge in [0.1, 0.15) is 29.5 Å². The number of ether oxygens (including phenoxy) is 3. The summed E-state index contributed by atoms with van der Waals surface area (Å²) in [6.07, 6.45) is 3.95. The molecule has 1 aliphatic heterocycles. The topological polar surface area (TPSA) is 84.4 Å². The van der Waals surface area contributed by atoms with E-state index in [0.717, 1.165) is 88.7 Å². The van der Waals surface area contributed by atoms with Gasteiger partial charge in [-0.1, -0.05) is 5.16 Å². The Bertz CT molecular complexity index is 1250. The van der Waals surface area contributed by atoms with E-state index in [1.807, 2.05) is 20.0 Å². The van der Waals surface area contributed by atoms with Gasteiger partial charge in [-0.05, 0) is 44.7 Å². The maximum Gasteiger partial charge on any atom is 0.141 e. The number of methoxy groups -OCH3 is 2. The Labute approximate surface area is 186 Å². The van der Waals surface area contributed by atoms with Crippen LogP contribution in [0, 0.1) is 19.8 Å². The van der Waals surface area contributed by atoms with Crippen LogP contribution in [0.25, 0.3) is 33.1 Å². The highest BCUT2D eigenvalue weighted by molar-refractivity contribution is 6.05. The molecule has 1 aromatic carbocycles. The molecular formula is C24H28N4O4. The van der Waals surface area contributed by atoms with Crippen molar-refractivity contribution in [2.75, 3.05) is 27.4 Å². The molecule has 0 bridgehead atoms. The van der Waals surface area contributed by atoms with E-state index >= 15 is 0 Å². The summed E-state index contributed by atoms with van der Waals surface area (Å²) in [7, 11) is 3.39. The Morgan fingerprint density at radius 1 is 1.12 bits per heavy atom. The molecule has 0 saturated carbocycles. The number of fused-ring (bicyclic) bond motifs is 3. The lowest BCUT2D eigenvalue weighted by Gasteiger charge is -2.23. The molecule has 0 amide bonds. The number of imidazole rings is 1. The lowest BCUT2D eigenvalue weighted by molar-refractivity contribution is 0.0607. The van der Waals surface area contributed by atoms with Crippen LogP contribution in [0.1, 0.15) is 30.1 Å². The molecule has 8 nitrogen and oxygen atoms in total. The van der Waals surface area contributed by atoms with Gasteiger partial charge in [-0.15, -0.1) is 0 Å². The van der Waals surface area contributed by atoms with E-state index in [0.29, 0.717) is 12.5 Å². The van der Waals surface area contributed by atoms with Crippen LogP contribution in [0.2, 0.25) is 0 Å². The number of rotatable bonds is 6. The first-order valence-corrected chi connectivity index (χ1v) is 11.0. The van der Waals surface area contributed by atoms with Crippen molar-refractivity contribution in [3.05, 3.63) is 35.6 Å². The van der Waals surface area contributed by atoms with Crippen molar-refractivity contribution in [1.82, 2.24) is 19.7 Å². The number of pyridine rings is 1. The van der Waals surface area contributed by atoms with Gasteiger partial charge in [0.05, 0.1) is 35.6 Å². The summed E-state index contributed by atoms with van der Waals surface area (Å²) in [5.74, 6) is 2.97. The molecule has 0 radical (unpaired) electrons. The Morgan fingerprint density at radius 3 is 2.62 bits per heavy atom. The van der Waals surface area contributed by atoms with Crippen LogP contribution in [0.5, 0.6) is 5.75 Å². The Balaban J connectivity index is 1.72. The van der Waals surface area contributed by atoms with Crippen LogP contribution in [-0.2, 0) is 22.6 Å². The van der Waals surface area contributed by atoms with Crippen LogP contribution in [0.4, 0.5) is 0 Å². The van der Waals surface area contributed by atoms with Crippen molar-refractivity contribution in [1.29, 1.82) is 0 Å². The number of hydrogen-bond donors (Lipinski definition) is 0. The lowest BCUT2D eigenvalue weighted by Crippen LogP contribution is -2.21. The van der Waals surface area contributed by atoms with E-state index in [2.05, 4.69) is 21.9 Å². The maximum atomic E-state index is 5.81. The molecule has 32 heavy (non-hydrogen) atoms. The van der Waals surface area contributed by atoms with Gasteiger partial charge in [0.25, 0.3) is 0 Å². The molecule has 4 aromatic rings. The van der Waals surface area contributed by atoms with Crippen LogP contribution < -0.4 is 4.74 Å². The highest BCUT2D eigenvalue weighted by Crippen LogP contribution is 2.39. The van der Waals surface area contributed by atoms with Gasteiger partial charge in [0, 0.05) is 37.8 Å². The summed E-state index contributed by atoms with van der Waals surface area (Å²) in [6.45, 7) is 6.81. The molecular weight excluding hydrogens is 408 g/mol. The number of nitrogens with zero attached hydrogens (tertiary/aromatic N) is 4. The van der Waals surface area contributed by atoms with Gasteiger partial charge >= 0.3 is 0 Å². The number of hydrogen-bond acceptors (Lipinski definition) is 7. The molecule has 0 N–H and O–H groups in total. The normalized spacial score (nSPS) is 15.1. The molecule has 0 atom stereocenters. The first-order valence-electron chi connectivity index (χ1n) is 11.0. The van der Waals surface area contributed by atoms with Gasteiger partial charge in [0.15, 0.2) is 0 Å². The fraction of sp³-hybridized carbons (Fsp3) is 0.458. The molecule has 1 aliphatic rings. The maximum absolute atomic E-state index is 5.81. The third-order valence-corrected chi connectivity index (χ3v) is 6.33. The molecule has 8 heteroatoms. The largest absolute Gasteiger partial charge is 0.496 e. The summed E-state index contributed by atoms with van der Waals surface area (Å²) in [5.41, 5.74) is 5.51. The van der Waals surface area contributed by atoms with Crippen LogP contribution in [0.3, 0.4) is 0 Å². The van der Waals surface area contributed by atoms with Gasteiger partial charge in [-0.25, -0.2) is 4.98 Å². The van der Waals surface area contributed by atoms with Crippen molar-refractivity contribution >= 4 is 21.9 Å². The zero-order chi connectivity index (χ0) is 22.2. The molecule has 1 saturated heterocycles. The summed E-state index contributed by atoms with van der Waals surface area (Å²) in [4.78, 5) is 9.59. The molecule has 1 fully saturated rings. The second-order valence-electron chi connectivity index (χ2n) is 8.39. The molecule has 0 unspecified atom stereocenters. The average Bonchev–Trinajstić information content (AvgIpc) is 3.33. The fourth-order valence-corrected chi connectivity index (χ4v) is 4.74. The van der Waals surface area contributed by atoms with Crippen LogP contribution in [0.15, 0.2) is 22.9 Å². The third kappa shape index (κ3) is 3.53. The first-order chi connectivity index (χ1) is 15.6. The average molecular weight is 437 g/mol. The second kappa shape index (κ2) is 8.52. The number of benzene rings is 1. The predicted molar refractivity (Wildman–Crippen MR) is 121 cm³/mol. The minimum Gasteiger partial charge on any atom is -0.496 e. The lowest BCUT2D eigenvalue weighted by atomic mass is 9.99. The fourth-order valence-electron chi connectivity index (χ4n) is 4.74. The minimum atomic E-state index is 0.452. The van der Waals surface area contributed by atoms with Crippen LogP contribution in [-0.4, -0.2) is 47.1 Å². The standard InChI is InChI=1S/C24H28N4O4/c1-14-23(15(2)32-27-14)18-9-19-17(10-21(18)30-4)24-20(11-25-19)26-22(13-29-3)28(24)12-16-5-7-31-8-6-16/h9-11,16H,5-8,12-13H2,1-4H3. The quantitative estimate of drug-likeness (QED) is 0.442. The van der Waals surface area contributed by atoms with Crippen LogP contribution >= 0.6 is 0 Å². The van der Waals surface area contributed by atoms with E-state index in [-0.39, 0.29) is 0 Å². The van der Waals surface area contributed by atoms with Crippen molar-refractivity contribution in [2.45, 2.75) is 39.8 Å². The Kier molecular flexibility index (Phi) is 5.57. The van der Waals surface area contributed by atoms with Gasteiger partial charge in [0.2, 0.25) is 0 Å². The van der Waals surface area contributed by atoms with Gasteiger partial charge in [-0.3, -0.25) is 4.98 Å². The summed E-state index contributed by atoms with van der Waals surface area (Å²) < 4.78 is 24.5. The molecule has 5 rings (SSSR count). The summed E-state index contributed by atoms with van der Waals surface area (Å²) in [6, 6.07) is 4.12. The van der Waals surface area contributed by atoms with E-state index in [1.165, 1.54) is 0 Å². The Morgan fingerprint density at radius 2 is 1.94 bits per heavy atom. The van der Waals surface area contributed by atoms with Crippen molar-refractivity contribution in [3.63, 3.8) is 0 Å². The number of aromatic nitrogens is 4.